The number of rotatable bonds is 5. The summed E-state index contributed by atoms with van der Waals surface area (Å²) in [5.74, 6) is 0.962. The number of aromatic nitrogens is 2. The maximum absolute atomic E-state index is 13.3. The molecule has 3 aromatic rings. The first kappa shape index (κ1) is 21.5. The zero-order valence-corrected chi connectivity index (χ0v) is 18.8. The Labute approximate surface area is 193 Å². The van der Waals surface area contributed by atoms with Gasteiger partial charge in [-0.1, -0.05) is 37.5 Å². The van der Waals surface area contributed by atoms with E-state index in [-0.39, 0.29) is 17.9 Å². The molecule has 3 heterocycles. The molecule has 1 aliphatic carbocycles. The van der Waals surface area contributed by atoms with Gasteiger partial charge in [0.1, 0.15) is 11.4 Å². The van der Waals surface area contributed by atoms with Crippen LogP contribution >= 0.6 is 0 Å². The summed E-state index contributed by atoms with van der Waals surface area (Å²) in [6.45, 7) is 1.41. The third-order valence-electron chi connectivity index (χ3n) is 6.81. The van der Waals surface area contributed by atoms with Gasteiger partial charge in [-0.3, -0.25) is 9.59 Å². The molecule has 0 spiro atoms. The van der Waals surface area contributed by atoms with Gasteiger partial charge in [-0.2, -0.15) is 5.10 Å². The lowest BCUT2D eigenvalue weighted by Crippen LogP contribution is -2.48. The van der Waals surface area contributed by atoms with Crippen LogP contribution in [0.25, 0.3) is 17.1 Å². The molecule has 2 amide bonds. The van der Waals surface area contributed by atoms with Crippen molar-refractivity contribution in [2.75, 3.05) is 13.1 Å². The van der Waals surface area contributed by atoms with Gasteiger partial charge < -0.3 is 14.6 Å². The Morgan fingerprint density at radius 2 is 1.70 bits per heavy atom. The predicted octanol–water partition coefficient (Wildman–Crippen LogP) is 4.43. The Kier molecular flexibility index (Phi) is 6.28. The minimum atomic E-state index is -0.166. The zero-order chi connectivity index (χ0) is 22.6. The molecule has 7 heteroatoms. The summed E-state index contributed by atoms with van der Waals surface area (Å²) in [5.41, 5.74) is 1.89. The highest BCUT2D eigenvalue weighted by atomic mass is 16.3. The number of likely N-dealkylation sites (tertiary alicyclic amines) is 1. The highest BCUT2D eigenvalue weighted by Crippen LogP contribution is 2.27. The van der Waals surface area contributed by atoms with Crippen molar-refractivity contribution in [2.45, 2.75) is 51.0 Å². The fourth-order valence-electron chi connectivity index (χ4n) is 4.96. The maximum atomic E-state index is 13.3. The van der Waals surface area contributed by atoms with Gasteiger partial charge >= 0.3 is 0 Å². The molecule has 7 nitrogen and oxygen atoms in total. The molecular weight excluding hydrogens is 416 g/mol. The van der Waals surface area contributed by atoms with Crippen LogP contribution in [0.1, 0.15) is 55.4 Å². The van der Waals surface area contributed by atoms with E-state index in [2.05, 4.69) is 10.4 Å². The van der Waals surface area contributed by atoms with Crippen LogP contribution in [0, 0.1) is 5.92 Å². The van der Waals surface area contributed by atoms with Gasteiger partial charge in [-0.05, 0) is 49.9 Å². The van der Waals surface area contributed by atoms with Gasteiger partial charge in [0.2, 0.25) is 5.91 Å². The Balaban J connectivity index is 1.27. The number of piperidine rings is 1. The van der Waals surface area contributed by atoms with Crippen LogP contribution in [-0.2, 0) is 4.79 Å². The van der Waals surface area contributed by atoms with Gasteiger partial charge in [0, 0.05) is 31.1 Å². The first-order chi connectivity index (χ1) is 16.2. The summed E-state index contributed by atoms with van der Waals surface area (Å²) < 4.78 is 7.15. The largest absolute Gasteiger partial charge is 0.463 e. The number of benzene rings is 1. The third-order valence-corrected chi connectivity index (χ3v) is 6.81. The molecular formula is C26H30N4O3. The number of carbonyl (C=O) groups is 2. The molecule has 1 N–H and O–H groups in total. The first-order valence-corrected chi connectivity index (χ1v) is 12.0. The summed E-state index contributed by atoms with van der Waals surface area (Å²) >= 11 is 0. The lowest BCUT2D eigenvalue weighted by Gasteiger charge is -2.35. The molecule has 2 fully saturated rings. The SMILES string of the molecule is O=C(NC1CCN(C(=O)C2CCCCC2)CC1)c1cc(-c2ccco2)nn1-c1ccccc1. The van der Waals surface area contributed by atoms with E-state index >= 15 is 0 Å². The smallest absolute Gasteiger partial charge is 0.270 e. The molecule has 33 heavy (non-hydrogen) atoms. The summed E-state index contributed by atoms with van der Waals surface area (Å²) in [4.78, 5) is 28.1. The minimum Gasteiger partial charge on any atom is -0.463 e. The van der Waals surface area contributed by atoms with Crippen molar-refractivity contribution in [3.8, 4) is 17.1 Å². The number of hydrogen-bond acceptors (Lipinski definition) is 4. The first-order valence-electron chi connectivity index (χ1n) is 12.0. The van der Waals surface area contributed by atoms with Crippen LogP contribution in [0.15, 0.2) is 59.2 Å². The lowest BCUT2D eigenvalue weighted by atomic mass is 9.87. The van der Waals surface area contributed by atoms with Crippen LogP contribution < -0.4 is 5.32 Å². The molecule has 5 rings (SSSR count). The van der Waals surface area contributed by atoms with Gasteiger partial charge in [0.05, 0.1) is 12.0 Å². The van der Waals surface area contributed by atoms with Crippen molar-refractivity contribution in [2.24, 2.45) is 5.92 Å². The van der Waals surface area contributed by atoms with E-state index in [1.165, 1.54) is 6.42 Å². The highest BCUT2D eigenvalue weighted by molar-refractivity contribution is 5.94. The van der Waals surface area contributed by atoms with Crippen LogP contribution in [0.4, 0.5) is 0 Å². The zero-order valence-electron chi connectivity index (χ0n) is 18.8. The molecule has 2 aliphatic rings. The van der Waals surface area contributed by atoms with Crippen LogP contribution in [0.5, 0.6) is 0 Å². The van der Waals surface area contributed by atoms with E-state index in [1.54, 1.807) is 23.1 Å². The van der Waals surface area contributed by atoms with E-state index in [4.69, 9.17) is 4.42 Å². The minimum absolute atomic E-state index is 0.0408. The standard InChI is InChI=1S/C26H30N4O3/c31-25(27-20-13-15-29(16-14-20)26(32)19-8-3-1-4-9-19)23-18-22(24-12-7-17-33-24)28-30(23)21-10-5-2-6-11-21/h2,5-7,10-12,17-20H,1,3-4,8-9,13-16H2,(H,27,31). The average Bonchev–Trinajstić information content (AvgIpc) is 3.56. The number of nitrogens with one attached hydrogen (secondary N) is 1. The Bertz CT molecular complexity index is 1080. The number of amides is 2. The number of hydrogen-bond donors (Lipinski definition) is 1. The Morgan fingerprint density at radius 3 is 2.39 bits per heavy atom. The summed E-state index contributed by atoms with van der Waals surface area (Å²) in [7, 11) is 0. The fourth-order valence-corrected chi connectivity index (χ4v) is 4.96. The van der Waals surface area contributed by atoms with Crippen molar-refractivity contribution in [3.63, 3.8) is 0 Å². The van der Waals surface area contributed by atoms with E-state index in [0.29, 0.717) is 36.1 Å². The molecule has 1 saturated carbocycles. The summed E-state index contributed by atoms with van der Waals surface area (Å²) in [6, 6.07) is 15.1. The molecule has 0 atom stereocenters. The van der Waals surface area contributed by atoms with Crippen molar-refractivity contribution in [1.29, 1.82) is 0 Å². The molecule has 0 bridgehead atoms. The van der Waals surface area contributed by atoms with E-state index in [1.807, 2.05) is 41.3 Å². The van der Waals surface area contributed by atoms with Gasteiger partial charge in [0.25, 0.3) is 5.91 Å². The molecule has 1 saturated heterocycles. The van der Waals surface area contributed by atoms with E-state index < -0.39 is 0 Å². The fraction of sp³-hybridized carbons (Fsp3) is 0.423. The van der Waals surface area contributed by atoms with Gasteiger partial charge in [-0.25, -0.2) is 4.68 Å². The molecule has 0 unspecified atom stereocenters. The molecule has 1 aromatic carbocycles. The van der Waals surface area contributed by atoms with Crippen molar-refractivity contribution in [1.82, 2.24) is 20.0 Å². The maximum Gasteiger partial charge on any atom is 0.270 e. The van der Waals surface area contributed by atoms with Gasteiger partial charge in [-0.15, -0.1) is 0 Å². The number of carbonyl (C=O) groups excluding carboxylic acids is 2. The Hall–Kier alpha value is -3.35. The monoisotopic (exact) mass is 446 g/mol. The molecule has 2 aromatic heterocycles. The second kappa shape index (κ2) is 9.65. The number of nitrogens with zero attached hydrogens (tertiary/aromatic N) is 3. The van der Waals surface area contributed by atoms with E-state index in [0.717, 1.165) is 44.2 Å². The molecule has 172 valence electrons. The van der Waals surface area contributed by atoms with Crippen LogP contribution in [0.2, 0.25) is 0 Å². The van der Waals surface area contributed by atoms with Crippen molar-refractivity contribution in [3.05, 3.63) is 60.5 Å². The quantitative estimate of drug-likeness (QED) is 0.629. The average molecular weight is 447 g/mol. The Morgan fingerprint density at radius 1 is 0.939 bits per heavy atom. The molecule has 0 radical (unpaired) electrons. The van der Waals surface area contributed by atoms with Crippen molar-refractivity contribution >= 4 is 11.8 Å². The lowest BCUT2D eigenvalue weighted by molar-refractivity contribution is -0.137. The predicted molar refractivity (Wildman–Crippen MR) is 125 cm³/mol. The second-order valence-electron chi connectivity index (χ2n) is 9.05. The number of para-hydroxylation sites is 1. The second-order valence-corrected chi connectivity index (χ2v) is 9.05. The molecule has 1 aliphatic heterocycles. The van der Waals surface area contributed by atoms with Crippen LogP contribution in [0.3, 0.4) is 0 Å². The number of furan rings is 1. The van der Waals surface area contributed by atoms with Gasteiger partial charge in [0.15, 0.2) is 5.76 Å². The topological polar surface area (TPSA) is 80.4 Å². The normalized spacial score (nSPS) is 17.8. The summed E-state index contributed by atoms with van der Waals surface area (Å²) in [5, 5.41) is 7.81. The summed E-state index contributed by atoms with van der Waals surface area (Å²) in [6.07, 6.45) is 8.77. The van der Waals surface area contributed by atoms with Crippen molar-refractivity contribution < 1.29 is 14.0 Å². The highest BCUT2D eigenvalue weighted by Gasteiger charge is 2.30. The third kappa shape index (κ3) is 4.72. The van der Waals surface area contributed by atoms with Crippen LogP contribution in [-0.4, -0.2) is 45.6 Å². The van der Waals surface area contributed by atoms with E-state index in [9.17, 15) is 9.59 Å².